The van der Waals surface area contributed by atoms with Gasteiger partial charge < -0.3 is 15.2 Å². The van der Waals surface area contributed by atoms with E-state index in [-0.39, 0.29) is 5.56 Å². The topological polar surface area (TPSA) is 61.0 Å². The maximum atomic E-state index is 11.3. The van der Waals surface area contributed by atoms with Crippen LogP contribution in [-0.4, -0.2) is 36.1 Å². The molecular formula is C13H16N4O. The molecule has 1 fully saturated rings. The molecule has 5 nitrogen and oxygen atoms in total. The molecule has 1 aliphatic rings. The van der Waals surface area contributed by atoms with Crippen molar-refractivity contribution in [3.8, 4) is 0 Å². The number of nitrogens with zero attached hydrogens (tertiary/aromatic N) is 2. The lowest BCUT2D eigenvalue weighted by Crippen LogP contribution is -2.28. The lowest BCUT2D eigenvalue weighted by atomic mass is 10.2. The molecule has 0 unspecified atom stereocenters. The highest BCUT2D eigenvalue weighted by Gasteiger charge is 2.12. The van der Waals surface area contributed by atoms with E-state index in [0.29, 0.717) is 5.65 Å². The highest BCUT2D eigenvalue weighted by molar-refractivity contribution is 5.88. The predicted octanol–water partition coefficient (Wildman–Crippen LogP) is 0.723. The summed E-state index contributed by atoms with van der Waals surface area (Å²) < 4.78 is 0. The van der Waals surface area contributed by atoms with Crippen LogP contribution in [-0.2, 0) is 0 Å². The van der Waals surface area contributed by atoms with Gasteiger partial charge in [0.05, 0.1) is 0 Å². The summed E-state index contributed by atoms with van der Waals surface area (Å²) in [7, 11) is 0. The van der Waals surface area contributed by atoms with Crippen LogP contribution >= 0.6 is 0 Å². The van der Waals surface area contributed by atoms with Crippen molar-refractivity contribution in [3.05, 3.63) is 34.7 Å². The van der Waals surface area contributed by atoms with E-state index in [4.69, 9.17) is 0 Å². The summed E-state index contributed by atoms with van der Waals surface area (Å²) in [5.74, 6) is 0. The minimum atomic E-state index is -0.107. The Morgan fingerprint density at radius 2 is 2.11 bits per heavy atom. The summed E-state index contributed by atoms with van der Waals surface area (Å²) in [4.78, 5) is 20.7. The van der Waals surface area contributed by atoms with Crippen LogP contribution in [0.25, 0.3) is 11.0 Å². The molecule has 0 amide bonds. The van der Waals surface area contributed by atoms with Gasteiger partial charge in [-0.1, -0.05) is 0 Å². The molecule has 0 radical (unpaired) electrons. The standard InChI is InChI=1S/C13H16N4O/c18-12-3-2-10-11(4-6-15-13(10)16-12)17-8-1-5-14-7-9-17/h2-4,6,14H,1,5,7-9H2,(H,15,16,18). The molecule has 94 valence electrons. The lowest BCUT2D eigenvalue weighted by molar-refractivity contribution is 0.724. The molecule has 3 heterocycles. The van der Waals surface area contributed by atoms with Gasteiger partial charge >= 0.3 is 0 Å². The fourth-order valence-corrected chi connectivity index (χ4v) is 2.41. The van der Waals surface area contributed by atoms with Crippen molar-refractivity contribution in [1.82, 2.24) is 15.3 Å². The highest BCUT2D eigenvalue weighted by Crippen LogP contribution is 2.23. The van der Waals surface area contributed by atoms with Gasteiger partial charge in [0.15, 0.2) is 0 Å². The largest absolute Gasteiger partial charge is 0.370 e. The number of nitrogens with one attached hydrogen (secondary N) is 2. The zero-order valence-corrected chi connectivity index (χ0v) is 10.1. The van der Waals surface area contributed by atoms with Crippen LogP contribution in [0.5, 0.6) is 0 Å². The van der Waals surface area contributed by atoms with Gasteiger partial charge in [-0.2, -0.15) is 0 Å². The predicted molar refractivity (Wildman–Crippen MR) is 72.1 cm³/mol. The second-order valence-corrected chi connectivity index (χ2v) is 4.51. The Morgan fingerprint density at radius 3 is 3.06 bits per heavy atom. The number of hydrogen-bond acceptors (Lipinski definition) is 4. The molecule has 0 bridgehead atoms. The van der Waals surface area contributed by atoms with Crippen LogP contribution in [0.3, 0.4) is 0 Å². The van der Waals surface area contributed by atoms with Crippen molar-refractivity contribution in [3.63, 3.8) is 0 Å². The summed E-state index contributed by atoms with van der Waals surface area (Å²) in [6.07, 6.45) is 2.89. The Kier molecular flexibility index (Phi) is 2.98. The van der Waals surface area contributed by atoms with Crippen molar-refractivity contribution in [2.45, 2.75) is 6.42 Å². The number of pyridine rings is 2. The van der Waals surface area contributed by atoms with Gasteiger partial charge in [0.2, 0.25) is 5.56 Å². The number of aromatic amines is 1. The monoisotopic (exact) mass is 244 g/mol. The van der Waals surface area contributed by atoms with Crippen LogP contribution in [0, 0.1) is 0 Å². The molecule has 2 N–H and O–H groups in total. The molecule has 0 atom stereocenters. The van der Waals surface area contributed by atoms with Gasteiger partial charge in [-0.15, -0.1) is 0 Å². The lowest BCUT2D eigenvalue weighted by Gasteiger charge is -2.23. The van der Waals surface area contributed by atoms with Crippen molar-refractivity contribution in [2.24, 2.45) is 0 Å². The summed E-state index contributed by atoms with van der Waals surface area (Å²) >= 11 is 0. The van der Waals surface area contributed by atoms with E-state index in [0.717, 1.165) is 43.7 Å². The number of anilines is 1. The molecule has 2 aromatic heterocycles. The molecule has 1 saturated heterocycles. The zero-order chi connectivity index (χ0) is 12.4. The van der Waals surface area contributed by atoms with Crippen LogP contribution in [0.2, 0.25) is 0 Å². The van der Waals surface area contributed by atoms with Crippen LogP contribution in [0.15, 0.2) is 29.2 Å². The number of fused-ring (bicyclic) bond motifs is 1. The van der Waals surface area contributed by atoms with E-state index in [1.165, 1.54) is 0 Å². The summed E-state index contributed by atoms with van der Waals surface area (Å²) in [6, 6.07) is 5.43. The fourth-order valence-electron chi connectivity index (χ4n) is 2.41. The summed E-state index contributed by atoms with van der Waals surface area (Å²) in [5.41, 5.74) is 1.71. The van der Waals surface area contributed by atoms with Crippen molar-refractivity contribution < 1.29 is 0 Å². The smallest absolute Gasteiger partial charge is 0.249 e. The van der Waals surface area contributed by atoms with E-state index in [1.54, 1.807) is 12.3 Å². The Labute approximate surface area is 105 Å². The molecule has 0 aliphatic carbocycles. The first kappa shape index (κ1) is 11.2. The quantitative estimate of drug-likeness (QED) is 0.776. The van der Waals surface area contributed by atoms with Crippen molar-refractivity contribution in [2.75, 3.05) is 31.1 Å². The first-order valence-corrected chi connectivity index (χ1v) is 6.28. The molecule has 18 heavy (non-hydrogen) atoms. The van der Waals surface area contributed by atoms with E-state index in [1.807, 2.05) is 12.1 Å². The molecule has 3 rings (SSSR count). The molecular weight excluding hydrogens is 228 g/mol. The Balaban J connectivity index is 2.07. The fraction of sp³-hybridized carbons (Fsp3) is 0.385. The highest BCUT2D eigenvalue weighted by atomic mass is 16.1. The van der Waals surface area contributed by atoms with Gasteiger partial charge in [-0.25, -0.2) is 4.98 Å². The number of aromatic nitrogens is 2. The number of hydrogen-bond donors (Lipinski definition) is 2. The van der Waals surface area contributed by atoms with E-state index in [9.17, 15) is 4.79 Å². The SMILES string of the molecule is O=c1ccc2c(N3CCCNCC3)ccnc2[nH]1. The molecule has 2 aromatic rings. The first-order valence-electron chi connectivity index (χ1n) is 6.28. The normalized spacial score (nSPS) is 16.8. The third-order valence-electron chi connectivity index (χ3n) is 3.29. The average Bonchev–Trinajstić information content (AvgIpc) is 2.66. The van der Waals surface area contributed by atoms with E-state index >= 15 is 0 Å². The van der Waals surface area contributed by atoms with E-state index in [2.05, 4.69) is 20.2 Å². The third-order valence-corrected chi connectivity index (χ3v) is 3.29. The summed E-state index contributed by atoms with van der Waals surface area (Å²) in [6.45, 7) is 4.08. The minimum Gasteiger partial charge on any atom is -0.370 e. The second kappa shape index (κ2) is 4.78. The maximum Gasteiger partial charge on any atom is 0.249 e. The molecule has 0 saturated carbocycles. The van der Waals surface area contributed by atoms with Gasteiger partial charge in [-0.3, -0.25) is 4.79 Å². The van der Waals surface area contributed by atoms with Gasteiger partial charge in [-0.05, 0) is 25.1 Å². The molecule has 5 heteroatoms. The number of rotatable bonds is 1. The zero-order valence-electron chi connectivity index (χ0n) is 10.1. The minimum absolute atomic E-state index is 0.107. The van der Waals surface area contributed by atoms with Crippen LogP contribution in [0.1, 0.15) is 6.42 Å². The first-order chi connectivity index (χ1) is 8.84. The molecule has 0 aromatic carbocycles. The molecule has 0 spiro atoms. The maximum absolute atomic E-state index is 11.3. The van der Waals surface area contributed by atoms with Crippen LogP contribution < -0.4 is 15.8 Å². The number of H-pyrrole nitrogens is 1. The third kappa shape index (κ3) is 2.09. The van der Waals surface area contributed by atoms with Crippen molar-refractivity contribution in [1.29, 1.82) is 0 Å². The van der Waals surface area contributed by atoms with Gasteiger partial charge in [0.25, 0.3) is 0 Å². The van der Waals surface area contributed by atoms with E-state index < -0.39 is 0 Å². The van der Waals surface area contributed by atoms with Crippen molar-refractivity contribution >= 4 is 16.7 Å². The Bertz CT molecular complexity index is 599. The molecule has 1 aliphatic heterocycles. The van der Waals surface area contributed by atoms with Gasteiger partial charge in [0, 0.05) is 43.0 Å². The average molecular weight is 244 g/mol. The summed E-state index contributed by atoms with van der Waals surface area (Å²) in [5, 5.41) is 4.40. The Hall–Kier alpha value is -1.88. The van der Waals surface area contributed by atoms with Gasteiger partial charge in [0.1, 0.15) is 5.65 Å². The van der Waals surface area contributed by atoms with Crippen LogP contribution in [0.4, 0.5) is 5.69 Å². The Morgan fingerprint density at radius 1 is 1.17 bits per heavy atom. The second-order valence-electron chi connectivity index (χ2n) is 4.51.